The first-order chi connectivity index (χ1) is 16.9. The van der Waals surface area contributed by atoms with Gasteiger partial charge in [-0.1, -0.05) is 37.6 Å². The summed E-state index contributed by atoms with van der Waals surface area (Å²) in [5.74, 6) is 0.156. The highest BCUT2D eigenvalue weighted by Gasteiger charge is 2.09. The predicted octanol–water partition coefficient (Wildman–Crippen LogP) is 5.05. The number of carbonyl (C=O) groups excluding carboxylic acids is 2. The minimum absolute atomic E-state index is 0.0701. The normalized spacial score (nSPS) is 10.8. The number of nitrogen functional groups attached to an aromatic ring is 2. The monoisotopic (exact) mass is 474 g/mol. The highest BCUT2D eigenvalue weighted by molar-refractivity contribution is 5.91. The molecule has 0 saturated heterocycles. The molecule has 7 nitrogen and oxygen atoms in total. The van der Waals surface area contributed by atoms with Gasteiger partial charge in [0.15, 0.2) is 0 Å². The Morgan fingerprint density at radius 2 is 1.51 bits per heavy atom. The van der Waals surface area contributed by atoms with Crippen molar-refractivity contribution < 1.29 is 23.8 Å². The summed E-state index contributed by atoms with van der Waals surface area (Å²) in [5.41, 5.74) is 14.5. The second kappa shape index (κ2) is 12.8. The Balaban J connectivity index is 1.40. The Morgan fingerprint density at radius 3 is 2.17 bits per heavy atom. The smallest absolute Gasteiger partial charge is 0.338 e. The van der Waals surface area contributed by atoms with E-state index in [1.807, 2.05) is 36.4 Å². The molecule has 0 saturated carbocycles. The molecule has 182 valence electrons. The summed E-state index contributed by atoms with van der Waals surface area (Å²) in [6.45, 7) is 2.41. The molecule has 7 heteroatoms. The van der Waals surface area contributed by atoms with E-state index in [9.17, 15) is 9.59 Å². The maximum Gasteiger partial charge on any atom is 0.338 e. The lowest BCUT2D eigenvalue weighted by molar-refractivity contribution is -0.128. The van der Waals surface area contributed by atoms with Crippen LogP contribution in [0.5, 0.6) is 11.5 Å². The van der Waals surface area contributed by atoms with Crippen LogP contribution in [-0.2, 0) is 16.0 Å². The zero-order valence-corrected chi connectivity index (χ0v) is 19.7. The third-order valence-corrected chi connectivity index (χ3v) is 5.05. The van der Waals surface area contributed by atoms with Crippen LogP contribution in [0.2, 0.25) is 0 Å². The molecule has 0 radical (unpaired) electrons. The number of rotatable bonds is 11. The molecule has 0 fully saturated rings. The van der Waals surface area contributed by atoms with Crippen molar-refractivity contribution in [1.29, 1.82) is 0 Å². The summed E-state index contributed by atoms with van der Waals surface area (Å²) in [6.07, 6.45) is 6.35. The lowest BCUT2D eigenvalue weighted by atomic mass is 10.1. The van der Waals surface area contributed by atoms with Crippen molar-refractivity contribution in [2.75, 3.05) is 24.7 Å². The summed E-state index contributed by atoms with van der Waals surface area (Å²) in [6, 6.07) is 19.3. The van der Waals surface area contributed by atoms with Crippen LogP contribution in [0.3, 0.4) is 0 Å². The maximum atomic E-state index is 12.1. The van der Waals surface area contributed by atoms with Crippen molar-refractivity contribution in [3.63, 3.8) is 0 Å². The first-order valence-corrected chi connectivity index (χ1v) is 11.5. The minimum atomic E-state index is -0.521. The number of nitrogens with two attached hydrogens (primary N) is 2. The van der Waals surface area contributed by atoms with E-state index in [0.29, 0.717) is 28.4 Å². The van der Waals surface area contributed by atoms with Gasteiger partial charge in [-0.15, -0.1) is 0 Å². The van der Waals surface area contributed by atoms with Gasteiger partial charge in [0.05, 0.1) is 5.56 Å². The summed E-state index contributed by atoms with van der Waals surface area (Å²) in [7, 11) is 0. The molecule has 35 heavy (non-hydrogen) atoms. The number of aryl methyl sites for hydroxylation is 1. The average molecular weight is 475 g/mol. The fourth-order valence-corrected chi connectivity index (χ4v) is 3.27. The number of hydrogen-bond acceptors (Lipinski definition) is 7. The third kappa shape index (κ3) is 8.55. The molecule has 0 unspecified atom stereocenters. The zero-order chi connectivity index (χ0) is 25.0. The number of esters is 2. The van der Waals surface area contributed by atoms with Crippen LogP contribution in [0.4, 0.5) is 11.4 Å². The van der Waals surface area contributed by atoms with Gasteiger partial charge in [-0.3, -0.25) is 0 Å². The molecule has 3 aromatic carbocycles. The van der Waals surface area contributed by atoms with Crippen molar-refractivity contribution >= 4 is 29.4 Å². The van der Waals surface area contributed by atoms with Crippen LogP contribution in [0.25, 0.3) is 6.08 Å². The number of ether oxygens (including phenoxy) is 3. The molecular weight excluding hydrogens is 444 g/mol. The maximum absolute atomic E-state index is 12.1. The molecule has 3 aromatic rings. The summed E-state index contributed by atoms with van der Waals surface area (Å²) < 4.78 is 16.1. The van der Waals surface area contributed by atoms with Gasteiger partial charge in [0.25, 0.3) is 0 Å². The second-order valence-corrected chi connectivity index (χ2v) is 7.94. The second-order valence-electron chi connectivity index (χ2n) is 7.94. The van der Waals surface area contributed by atoms with E-state index in [0.717, 1.165) is 24.8 Å². The fraction of sp³-hybridized carbons (Fsp3) is 0.214. The number of anilines is 2. The van der Waals surface area contributed by atoms with Gasteiger partial charge >= 0.3 is 11.9 Å². The molecule has 0 aliphatic carbocycles. The fourth-order valence-electron chi connectivity index (χ4n) is 3.27. The van der Waals surface area contributed by atoms with Gasteiger partial charge in [0.2, 0.25) is 0 Å². The highest BCUT2D eigenvalue weighted by Crippen LogP contribution is 2.17. The predicted molar refractivity (Wildman–Crippen MR) is 137 cm³/mol. The average Bonchev–Trinajstić information content (AvgIpc) is 2.85. The molecule has 0 aliphatic heterocycles. The summed E-state index contributed by atoms with van der Waals surface area (Å²) >= 11 is 0. The largest absolute Gasteiger partial charge is 0.490 e. The van der Waals surface area contributed by atoms with Crippen LogP contribution >= 0.6 is 0 Å². The van der Waals surface area contributed by atoms with Gasteiger partial charge in [0.1, 0.15) is 24.7 Å². The van der Waals surface area contributed by atoms with Gasteiger partial charge in [-0.05, 0) is 72.5 Å². The van der Waals surface area contributed by atoms with Gasteiger partial charge < -0.3 is 25.7 Å². The van der Waals surface area contributed by atoms with Crippen molar-refractivity contribution in [2.45, 2.75) is 26.2 Å². The van der Waals surface area contributed by atoms with Gasteiger partial charge in [-0.25, -0.2) is 9.59 Å². The summed E-state index contributed by atoms with van der Waals surface area (Å²) in [5, 5.41) is 0. The van der Waals surface area contributed by atoms with Crippen LogP contribution < -0.4 is 20.9 Å². The Labute approximate surface area is 205 Å². The highest BCUT2D eigenvalue weighted by atomic mass is 16.6. The van der Waals surface area contributed by atoms with Crippen molar-refractivity contribution in [3.05, 3.63) is 89.5 Å². The number of hydrogen-bond donors (Lipinski definition) is 2. The third-order valence-electron chi connectivity index (χ3n) is 5.05. The van der Waals surface area contributed by atoms with E-state index in [2.05, 4.69) is 6.92 Å². The molecule has 0 amide bonds. The quantitative estimate of drug-likeness (QED) is 0.131. The summed E-state index contributed by atoms with van der Waals surface area (Å²) in [4.78, 5) is 24.2. The van der Waals surface area contributed by atoms with E-state index in [1.165, 1.54) is 23.8 Å². The van der Waals surface area contributed by atoms with E-state index in [-0.39, 0.29) is 13.2 Å². The number of unbranched alkanes of at least 4 members (excludes halogenated alkanes) is 1. The topological polar surface area (TPSA) is 114 Å². The van der Waals surface area contributed by atoms with Crippen molar-refractivity contribution in [3.8, 4) is 11.5 Å². The number of carbonyl (C=O) groups is 2. The van der Waals surface area contributed by atoms with Crippen molar-refractivity contribution in [1.82, 2.24) is 0 Å². The van der Waals surface area contributed by atoms with Gasteiger partial charge in [-0.2, -0.15) is 0 Å². The Kier molecular flexibility index (Phi) is 9.31. The molecule has 0 spiro atoms. The van der Waals surface area contributed by atoms with Crippen molar-refractivity contribution in [2.24, 2.45) is 0 Å². The van der Waals surface area contributed by atoms with Crippen LogP contribution in [0.1, 0.15) is 41.3 Å². The molecule has 3 rings (SSSR count). The van der Waals surface area contributed by atoms with E-state index < -0.39 is 11.9 Å². The van der Waals surface area contributed by atoms with Crippen LogP contribution in [0.15, 0.2) is 72.8 Å². The lowest BCUT2D eigenvalue weighted by Crippen LogP contribution is -2.13. The first kappa shape index (κ1) is 25.4. The van der Waals surface area contributed by atoms with E-state index >= 15 is 0 Å². The number of benzene rings is 3. The molecule has 0 atom stereocenters. The standard InChI is InChI=1S/C28H30N2O5/c1-2-3-4-20-7-12-26(13-8-20)35-27(31)14-9-21-5-10-25(11-6-21)33-15-16-34-28(32)22-17-23(29)19-24(30)18-22/h5-14,17-19H,2-4,15-16,29-30H2,1H3/b14-9+. The molecule has 0 bridgehead atoms. The molecule has 0 heterocycles. The Bertz CT molecular complexity index is 1130. The minimum Gasteiger partial charge on any atom is -0.490 e. The van der Waals surface area contributed by atoms with E-state index in [1.54, 1.807) is 24.3 Å². The molecule has 0 aromatic heterocycles. The van der Waals surface area contributed by atoms with E-state index in [4.69, 9.17) is 25.7 Å². The van der Waals surface area contributed by atoms with Crippen LogP contribution in [0, 0.1) is 0 Å². The SMILES string of the molecule is CCCCc1ccc(OC(=O)/C=C/c2ccc(OCCOC(=O)c3cc(N)cc(N)c3)cc2)cc1. The van der Waals surface area contributed by atoms with Crippen LogP contribution in [-0.4, -0.2) is 25.2 Å². The Morgan fingerprint density at radius 1 is 0.857 bits per heavy atom. The Hall–Kier alpha value is -4.26. The van der Waals surface area contributed by atoms with Gasteiger partial charge in [0, 0.05) is 17.5 Å². The molecule has 0 aliphatic rings. The molecule has 4 N–H and O–H groups in total. The lowest BCUT2D eigenvalue weighted by Gasteiger charge is -2.08. The zero-order valence-electron chi connectivity index (χ0n) is 19.7. The first-order valence-electron chi connectivity index (χ1n) is 11.5. The molecular formula is C28H30N2O5.